The van der Waals surface area contributed by atoms with Gasteiger partial charge in [-0.1, -0.05) is 12.1 Å². The highest BCUT2D eigenvalue weighted by Gasteiger charge is 2.37. The molecule has 0 saturated carbocycles. The summed E-state index contributed by atoms with van der Waals surface area (Å²) >= 11 is 0. The molecule has 3 unspecified atom stereocenters. The highest BCUT2D eigenvalue weighted by Crippen LogP contribution is 2.31. The van der Waals surface area contributed by atoms with Crippen molar-refractivity contribution in [1.82, 2.24) is 29.6 Å². The van der Waals surface area contributed by atoms with Gasteiger partial charge in [0.05, 0.1) is 18.3 Å². The SMILES string of the molecule is C=CCn1c(=O)c2cnc(Nc3ccc(N4CC5CC4CN5)cc3)nc2n1-c1ccc2c(n1)C(O)CCC2. The Morgan fingerprint density at radius 2 is 2.05 bits per heavy atom. The second-order valence-electron chi connectivity index (χ2n) is 10.4. The predicted molar refractivity (Wildman–Crippen MR) is 146 cm³/mol. The van der Waals surface area contributed by atoms with Crippen molar-refractivity contribution < 1.29 is 5.11 Å². The number of aryl methyl sites for hydroxylation is 1. The summed E-state index contributed by atoms with van der Waals surface area (Å²) in [5.74, 6) is 0.916. The maximum Gasteiger partial charge on any atom is 0.278 e. The molecule has 3 atom stereocenters. The Bertz CT molecular complexity index is 1590. The van der Waals surface area contributed by atoms with Gasteiger partial charge in [-0.05, 0) is 61.6 Å². The number of fused-ring (bicyclic) bond motifs is 4. The number of piperazine rings is 1. The fraction of sp³-hybridized carbons (Fsp3) is 0.357. The Hall–Kier alpha value is -4.02. The van der Waals surface area contributed by atoms with E-state index in [-0.39, 0.29) is 12.1 Å². The lowest BCUT2D eigenvalue weighted by atomic mass is 9.94. The third kappa shape index (κ3) is 3.79. The molecule has 3 aliphatic rings. The van der Waals surface area contributed by atoms with Crippen molar-refractivity contribution in [2.75, 3.05) is 23.3 Å². The maximum absolute atomic E-state index is 13.3. The fourth-order valence-electron chi connectivity index (χ4n) is 6.08. The number of aliphatic hydroxyl groups excluding tert-OH is 1. The van der Waals surface area contributed by atoms with Crippen molar-refractivity contribution in [3.8, 4) is 5.82 Å². The van der Waals surface area contributed by atoms with Crippen molar-refractivity contribution >= 4 is 28.4 Å². The van der Waals surface area contributed by atoms with E-state index in [1.165, 1.54) is 12.1 Å². The molecule has 0 radical (unpaired) electrons. The number of hydrogen-bond acceptors (Lipinski definition) is 8. The molecule has 0 amide bonds. The van der Waals surface area contributed by atoms with Gasteiger partial charge in [0, 0.05) is 42.7 Å². The van der Waals surface area contributed by atoms with Crippen LogP contribution in [0.15, 0.2) is 60.0 Å². The first-order chi connectivity index (χ1) is 18.6. The van der Waals surface area contributed by atoms with Crippen molar-refractivity contribution in [3.05, 3.63) is 76.9 Å². The van der Waals surface area contributed by atoms with Gasteiger partial charge in [0.25, 0.3) is 5.56 Å². The number of anilines is 3. The summed E-state index contributed by atoms with van der Waals surface area (Å²) in [6, 6.07) is 13.3. The smallest absolute Gasteiger partial charge is 0.278 e. The molecule has 10 heteroatoms. The summed E-state index contributed by atoms with van der Waals surface area (Å²) in [7, 11) is 0. The second kappa shape index (κ2) is 9.07. The Morgan fingerprint density at radius 3 is 2.82 bits per heavy atom. The molecule has 38 heavy (non-hydrogen) atoms. The van der Waals surface area contributed by atoms with Crippen LogP contribution in [-0.2, 0) is 13.0 Å². The molecule has 3 N–H and O–H groups in total. The van der Waals surface area contributed by atoms with Crippen LogP contribution in [0.5, 0.6) is 0 Å². The molecule has 1 aromatic carbocycles. The first-order valence-electron chi connectivity index (χ1n) is 13.2. The summed E-state index contributed by atoms with van der Waals surface area (Å²) in [5, 5.41) is 17.8. The number of benzene rings is 1. The lowest BCUT2D eigenvalue weighted by Crippen LogP contribution is -2.43. The Labute approximate surface area is 219 Å². The summed E-state index contributed by atoms with van der Waals surface area (Å²) in [4.78, 5) is 29.7. The van der Waals surface area contributed by atoms with E-state index in [2.05, 4.69) is 39.2 Å². The third-order valence-corrected chi connectivity index (χ3v) is 7.94. The minimum atomic E-state index is -0.609. The van der Waals surface area contributed by atoms with Gasteiger partial charge in [0.2, 0.25) is 5.95 Å². The zero-order chi connectivity index (χ0) is 25.8. The minimum Gasteiger partial charge on any atom is -0.387 e. The summed E-state index contributed by atoms with van der Waals surface area (Å²) in [6.45, 7) is 6.19. The van der Waals surface area contributed by atoms with Gasteiger partial charge in [0.15, 0.2) is 11.5 Å². The zero-order valence-electron chi connectivity index (χ0n) is 21.0. The average Bonchev–Trinajstić information content (AvgIpc) is 3.64. The molecule has 4 aromatic rings. The molecule has 7 rings (SSSR count). The number of pyridine rings is 1. The molecule has 3 aromatic heterocycles. The van der Waals surface area contributed by atoms with Gasteiger partial charge < -0.3 is 20.6 Å². The van der Waals surface area contributed by atoms with E-state index < -0.39 is 6.10 Å². The molecular formula is C28H30N8O2. The zero-order valence-corrected chi connectivity index (χ0v) is 21.0. The van der Waals surface area contributed by atoms with Gasteiger partial charge in [-0.2, -0.15) is 4.98 Å². The van der Waals surface area contributed by atoms with E-state index in [0.717, 1.165) is 37.2 Å². The molecule has 2 saturated heterocycles. The number of rotatable bonds is 6. The van der Waals surface area contributed by atoms with Crippen LogP contribution in [0.3, 0.4) is 0 Å². The Balaban J connectivity index is 1.24. The monoisotopic (exact) mass is 510 g/mol. The number of nitrogens with zero attached hydrogens (tertiary/aromatic N) is 6. The van der Waals surface area contributed by atoms with Gasteiger partial charge >= 0.3 is 0 Å². The quantitative estimate of drug-likeness (QED) is 0.340. The van der Waals surface area contributed by atoms with Crippen molar-refractivity contribution in [1.29, 1.82) is 0 Å². The van der Waals surface area contributed by atoms with Gasteiger partial charge in [-0.3, -0.25) is 4.79 Å². The Morgan fingerprint density at radius 1 is 1.18 bits per heavy atom. The van der Waals surface area contributed by atoms with E-state index in [0.29, 0.717) is 47.0 Å². The molecule has 2 aliphatic heterocycles. The maximum atomic E-state index is 13.3. The second-order valence-corrected chi connectivity index (χ2v) is 10.4. The van der Waals surface area contributed by atoms with Crippen molar-refractivity contribution in [2.45, 2.75) is 50.4 Å². The largest absolute Gasteiger partial charge is 0.387 e. The molecule has 2 bridgehead atoms. The number of aromatic nitrogens is 5. The summed E-state index contributed by atoms with van der Waals surface area (Å²) < 4.78 is 3.25. The molecule has 10 nitrogen and oxygen atoms in total. The average molecular weight is 511 g/mol. The fourth-order valence-corrected chi connectivity index (χ4v) is 6.08. The normalized spacial score (nSPS) is 22.1. The van der Waals surface area contributed by atoms with Crippen LogP contribution in [0.1, 0.15) is 36.6 Å². The molecule has 2 fully saturated rings. The molecule has 1 aliphatic carbocycles. The molecule has 5 heterocycles. The van der Waals surface area contributed by atoms with Crippen molar-refractivity contribution in [2.24, 2.45) is 0 Å². The van der Waals surface area contributed by atoms with Crippen LogP contribution >= 0.6 is 0 Å². The molecular weight excluding hydrogens is 480 g/mol. The van der Waals surface area contributed by atoms with Crippen LogP contribution in [0, 0.1) is 0 Å². The van der Waals surface area contributed by atoms with Crippen LogP contribution in [0.4, 0.5) is 17.3 Å². The Kier molecular flexibility index (Phi) is 5.52. The van der Waals surface area contributed by atoms with Gasteiger partial charge in [0.1, 0.15) is 5.39 Å². The minimum absolute atomic E-state index is 0.217. The summed E-state index contributed by atoms with van der Waals surface area (Å²) in [5.41, 5.74) is 4.03. The third-order valence-electron chi connectivity index (χ3n) is 7.94. The number of hydrogen-bond donors (Lipinski definition) is 3. The van der Waals surface area contributed by atoms with Gasteiger partial charge in [-0.15, -0.1) is 6.58 Å². The lowest BCUT2D eigenvalue weighted by Gasteiger charge is -2.29. The predicted octanol–water partition coefficient (Wildman–Crippen LogP) is 2.83. The topological polar surface area (TPSA) is 113 Å². The van der Waals surface area contributed by atoms with Crippen LogP contribution in [-0.4, -0.2) is 54.6 Å². The highest BCUT2D eigenvalue weighted by atomic mass is 16.3. The van der Waals surface area contributed by atoms with Crippen LogP contribution < -0.4 is 21.1 Å². The first-order valence-corrected chi connectivity index (χ1v) is 13.2. The van der Waals surface area contributed by atoms with E-state index in [9.17, 15) is 9.90 Å². The first kappa shape index (κ1) is 23.1. The van der Waals surface area contributed by atoms with E-state index in [1.807, 2.05) is 24.3 Å². The highest BCUT2D eigenvalue weighted by molar-refractivity contribution is 5.77. The number of nitrogens with one attached hydrogen (secondary N) is 2. The van der Waals surface area contributed by atoms with E-state index in [4.69, 9.17) is 9.97 Å². The lowest BCUT2D eigenvalue weighted by molar-refractivity contribution is 0.151. The van der Waals surface area contributed by atoms with Crippen LogP contribution in [0.2, 0.25) is 0 Å². The number of allylic oxidation sites excluding steroid dienone is 1. The van der Waals surface area contributed by atoms with Crippen LogP contribution in [0.25, 0.3) is 16.9 Å². The van der Waals surface area contributed by atoms with E-state index >= 15 is 0 Å². The number of aliphatic hydroxyl groups is 1. The van der Waals surface area contributed by atoms with E-state index in [1.54, 1.807) is 21.6 Å². The standard InChI is InChI=1S/C28H30N8O2/c1-2-12-35-27(38)22-15-30-28(31-18-7-9-20(10-8-18)34-16-19-13-21(34)14-29-19)33-26(22)36(35)24-11-6-17-4-3-5-23(37)25(17)32-24/h2,6-11,15,19,21,23,29,37H,1,3-5,12-14,16H2,(H,30,31,33). The van der Waals surface area contributed by atoms with Crippen molar-refractivity contribution in [3.63, 3.8) is 0 Å². The molecule has 0 spiro atoms. The van der Waals surface area contributed by atoms with Gasteiger partial charge in [-0.25, -0.2) is 19.3 Å². The molecule has 194 valence electrons. The summed E-state index contributed by atoms with van der Waals surface area (Å²) in [6.07, 6.45) is 6.32.